The van der Waals surface area contributed by atoms with Gasteiger partial charge in [-0.3, -0.25) is 0 Å². The van der Waals surface area contributed by atoms with Crippen molar-refractivity contribution in [2.75, 3.05) is 5.32 Å². The zero-order valence-electron chi connectivity index (χ0n) is 9.92. The lowest BCUT2D eigenvalue weighted by Gasteiger charge is -2.30. The minimum absolute atomic E-state index is 0.275. The van der Waals surface area contributed by atoms with Crippen LogP contribution in [0.4, 0.5) is 5.69 Å². The molecule has 3 heteroatoms. The van der Waals surface area contributed by atoms with Crippen LogP contribution in [0.3, 0.4) is 0 Å². The summed E-state index contributed by atoms with van der Waals surface area (Å²) in [5.41, 5.74) is 0.330. The van der Waals surface area contributed by atoms with Crippen molar-refractivity contribution < 1.29 is 0 Å². The first-order valence-electron chi connectivity index (χ1n) is 5.47. The highest BCUT2D eigenvalue weighted by Gasteiger charge is 2.29. The third-order valence-corrected chi connectivity index (χ3v) is 3.29. The highest BCUT2D eigenvalue weighted by Crippen LogP contribution is 2.26. The Morgan fingerprint density at radius 2 is 2.25 bits per heavy atom. The third kappa shape index (κ3) is 2.90. The van der Waals surface area contributed by atoms with Crippen LogP contribution in [-0.4, -0.2) is 5.54 Å². The van der Waals surface area contributed by atoms with Crippen LogP contribution in [0.15, 0.2) is 24.3 Å². The van der Waals surface area contributed by atoms with Gasteiger partial charge in [-0.05, 0) is 31.0 Å². The van der Waals surface area contributed by atoms with Crippen molar-refractivity contribution in [2.45, 2.75) is 32.7 Å². The maximum absolute atomic E-state index is 9.27. The first kappa shape index (κ1) is 12.9. The maximum atomic E-state index is 9.27. The molecule has 0 bridgehead atoms. The Kier molecular flexibility index (Phi) is 4.20. The van der Waals surface area contributed by atoms with E-state index in [9.17, 15) is 5.26 Å². The van der Waals surface area contributed by atoms with Gasteiger partial charge in [0.15, 0.2) is 0 Å². The van der Waals surface area contributed by atoms with Crippen LogP contribution in [0.25, 0.3) is 0 Å². The molecular formula is C13H17ClN2. The highest BCUT2D eigenvalue weighted by molar-refractivity contribution is 6.30. The molecule has 1 rings (SSSR count). The second-order valence-electron chi connectivity index (χ2n) is 4.26. The van der Waals surface area contributed by atoms with Gasteiger partial charge in [-0.25, -0.2) is 0 Å². The van der Waals surface area contributed by atoms with E-state index in [4.69, 9.17) is 11.6 Å². The lowest BCUT2D eigenvalue weighted by atomic mass is 9.86. The van der Waals surface area contributed by atoms with Crippen LogP contribution in [0.5, 0.6) is 0 Å². The van der Waals surface area contributed by atoms with Crippen molar-refractivity contribution in [1.29, 1.82) is 5.26 Å². The number of halogens is 1. The minimum Gasteiger partial charge on any atom is -0.367 e. The summed E-state index contributed by atoms with van der Waals surface area (Å²) < 4.78 is 0. The molecule has 1 N–H and O–H groups in total. The van der Waals surface area contributed by atoms with E-state index in [0.717, 1.165) is 12.1 Å². The van der Waals surface area contributed by atoms with Crippen molar-refractivity contribution in [3.8, 4) is 6.07 Å². The largest absolute Gasteiger partial charge is 0.367 e. The number of anilines is 1. The summed E-state index contributed by atoms with van der Waals surface area (Å²) in [6, 6.07) is 9.79. The Labute approximate surface area is 102 Å². The molecule has 86 valence electrons. The fourth-order valence-electron chi connectivity index (χ4n) is 1.54. The second-order valence-corrected chi connectivity index (χ2v) is 4.70. The smallest absolute Gasteiger partial charge is 0.125 e. The second kappa shape index (κ2) is 5.23. The molecule has 1 aromatic rings. The van der Waals surface area contributed by atoms with Crippen molar-refractivity contribution in [2.24, 2.45) is 5.92 Å². The number of nitrogens with zero attached hydrogens (tertiary/aromatic N) is 1. The molecule has 0 radical (unpaired) electrons. The van der Waals surface area contributed by atoms with Gasteiger partial charge in [0.1, 0.15) is 5.54 Å². The zero-order chi connectivity index (χ0) is 12.2. The van der Waals surface area contributed by atoms with Crippen molar-refractivity contribution in [3.63, 3.8) is 0 Å². The number of hydrogen-bond donors (Lipinski definition) is 1. The Bertz CT molecular complexity index is 397. The van der Waals surface area contributed by atoms with E-state index in [1.54, 1.807) is 0 Å². The van der Waals surface area contributed by atoms with Gasteiger partial charge < -0.3 is 5.32 Å². The van der Waals surface area contributed by atoms with Crippen molar-refractivity contribution in [3.05, 3.63) is 29.3 Å². The topological polar surface area (TPSA) is 35.8 Å². The molecule has 0 aliphatic heterocycles. The minimum atomic E-state index is -0.556. The molecule has 0 heterocycles. The molecule has 0 amide bonds. The average molecular weight is 237 g/mol. The summed E-state index contributed by atoms with van der Waals surface area (Å²) >= 11 is 5.91. The van der Waals surface area contributed by atoms with Gasteiger partial charge in [0.25, 0.3) is 0 Å². The third-order valence-electron chi connectivity index (χ3n) is 3.06. The molecule has 16 heavy (non-hydrogen) atoms. The summed E-state index contributed by atoms with van der Waals surface area (Å²) in [7, 11) is 0. The summed E-state index contributed by atoms with van der Waals surface area (Å²) in [5.74, 6) is 0.275. The molecule has 2 nitrogen and oxygen atoms in total. The number of benzene rings is 1. The molecule has 0 aliphatic rings. The monoisotopic (exact) mass is 236 g/mol. The molecule has 0 spiro atoms. The van der Waals surface area contributed by atoms with Gasteiger partial charge in [0, 0.05) is 10.7 Å². The predicted octanol–water partition coefficient (Wildman–Crippen LogP) is 4.08. The van der Waals surface area contributed by atoms with Crippen LogP contribution in [0.2, 0.25) is 5.02 Å². The van der Waals surface area contributed by atoms with E-state index in [2.05, 4.69) is 25.2 Å². The summed E-state index contributed by atoms with van der Waals surface area (Å²) in [6.45, 7) is 6.07. The molecule has 0 aliphatic carbocycles. The molecule has 1 aromatic carbocycles. The number of nitriles is 1. The molecule has 0 saturated heterocycles. The maximum Gasteiger partial charge on any atom is 0.125 e. The molecular weight excluding hydrogens is 220 g/mol. The van der Waals surface area contributed by atoms with Gasteiger partial charge in [-0.2, -0.15) is 5.26 Å². The molecule has 2 atom stereocenters. The first-order chi connectivity index (χ1) is 7.51. The van der Waals surface area contributed by atoms with Crippen molar-refractivity contribution in [1.82, 2.24) is 0 Å². The van der Waals surface area contributed by atoms with Gasteiger partial charge in [0.2, 0.25) is 0 Å². The number of hydrogen-bond acceptors (Lipinski definition) is 2. The lowest BCUT2D eigenvalue weighted by molar-refractivity contribution is 0.415. The normalized spacial score (nSPS) is 15.9. The van der Waals surface area contributed by atoms with Crippen LogP contribution in [0.1, 0.15) is 27.2 Å². The molecule has 0 aromatic heterocycles. The SMILES string of the molecule is CCC(C)C(C)(C#N)Nc1cccc(Cl)c1. The van der Waals surface area contributed by atoms with E-state index in [0.29, 0.717) is 5.02 Å². The lowest BCUT2D eigenvalue weighted by Crippen LogP contribution is -2.39. The van der Waals surface area contributed by atoms with Crippen LogP contribution in [-0.2, 0) is 0 Å². The van der Waals surface area contributed by atoms with E-state index in [1.807, 2.05) is 31.2 Å². The van der Waals surface area contributed by atoms with Gasteiger partial charge in [-0.15, -0.1) is 0 Å². The van der Waals surface area contributed by atoms with Gasteiger partial charge >= 0.3 is 0 Å². The van der Waals surface area contributed by atoms with Crippen LogP contribution >= 0.6 is 11.6 Å². The van der Waals surface area contributed by atoms with Crippen LogP contribution in [0, 0.1) is 17.2 Å². The first-order valence-corrected chi connectivity index (χ1v) is 5.84. The summed E-state index contributed by atoms with van der Waals surface area (Å²) in [6.07, 6.45) is 0.956. The van der Waals surface area contributed by atoms with E-state index < -0.39 is 5.54 Å². The highest BCUT2D eigenvalue weighted by atomic mass is 35.5. The Balaban J connectivity index is 2.90. The summed E-state index contributed by atoms with van der Waals surface area (Å²) in [4.78, 5) is 0. The van der Waals surface area contributed by atoms with Crippen LogP contribution < -0.4 is 5.32 Å². The van der Waals surface area contributed by atoms with E-state index in [-0.39, 0.29) is 5.92 Å². The van der Waals surface area contributed by atoms with Gasteiger partial charge in [-0.1, -0.05) is 37.9 Å². The molecule has 0 saturated carbocycles. The van der Waals surface area contributed by atoms with E-state index >= 15 is 0 Å². The number of nitrogens with one attached hydrogen (secondary N) is 1. The molecule has 0 fully saturated rings. The van der Waals surface area contributed by atoms with E-state index in [1.165, 1.54) is 0 Å². The Morgan fingerprint density at radius 1 is 1.56 bits per heavy atom. The summed E-state index contributed by atoms with van der Waals surface area (Å²) in [5, 5.41) is 13.2. The standard InChI is InChI=1S/C13H17ClN2/c1-4-10(2)13(3,9-15)16-12-7-5-6-11(14)8-12/h5-8,10,16H,4H2,1-3H3. The zero-order valence-corrected chi connectivity index (χ0v) is 10.7. The predicted molar refractivity (Wildman–Crippen MR) is 68.5 cm³/mol. The Morgan fingerprint density at radius 3 is 2.75 bits per heavy atom. The quantitative estimate of drug-likeness (QED) is 0.855. The Hall–Kier alpha value is -1.20. The van der Waals surface area contributed by atoms with Gasteiger partial charge in [0.05, 0.1) is 6.07 Å². The fourth-order valence-corrected chi connectivity index (χ4v) is 1.73. The average Bonchev–Trinajstić information content (AvgIpc) is 2.27. The molecule has 2 unspecified atom stereocenters. The van der Waals surface area contributed by atoms with Crippen molar-refractivity contribution >= 4 is 17.3 Å². The number of rotatable bonds is 4. The fraction of sp³-hybridized carbons (Fsp3) is 0.462.